The molecule has 4 aromatic rings. The molecule has 0 saturated carbocycles. The van der Waals surface area contributed by atoms with Crippen LogP contribution in [0.2, 0.25) is 15.1 Å². The standard InChI is InChI=1S/C36H38Cl3N3O5S/c1-5-47-30-17-15-29(16-18-30)42(48(45,46)31-19-13-27(37)14-20-31)24-34(43)41(23-26-11-12-28(38)22-32(26)39)33(35(44)40-36(2,3)4)21-25-9-7-6-8-10-25/h6-20,22,33H,5,21,23-24H2,1-4H3,(H,40,44)/t33-/m1/s1. The average molecular weight is 731 g/mol. The average Bonchev–Trinajstić information content (AvgIpc) is 3.03. The maximum Gasteiger partial charge on any atom is 0.264 e. The molecule has 0 heterocycles. The molecule has 4 rings (SSSR count). The Morgan fingerprint density at radius 3 is 2.06 bits per heavy atom. The van der Waals surface area contributed by atoms with Gasteiger partial charge in [0.1, 0.15) is 18.3 Å². The van der Waals surface area contributed by atoms with E-state index in [1.165, 1.54) is 29.2 Å². The molecule has 0 saturated heterocycles. The molecular weight excluding hydrogens is 693 g/mol. The minimum atomic E-state index is -4.30. The van der Waals surface area contributed by atoms with Gasteiger partial charge in [0.15, 0.2) is 0 Å². The normalized spacial score (nSPS) is 12.2. The number of amides is 2. The molecule has 1 atom stereocenters. The molecule has 1 N–H and O–H groups in total. The van der Waals surface area contributed by atoms with Gasteiger partial charge >= 0.3 is 0 Å². The highest BCUT2D eigenvalue weighted by atomic mass is 35.5. The number of hydrogen-bond donors (Lipinski definition) is 1. The molecular formula is C36H38Cl3N3O5S. The van der Waals surface area contributed by atoms with Gasteiger partial charge in [-0.05, 0) is 99.5 Å². The SMILES string of the molecule is CCOc1ccc(N(CC(=O)N(Cc2ccc(Cl)cc2Cl)[C@H](Cc2ccccc2)C(=O)NC(C)(C)C)S(=O)(=O)c2ccc(Cl)cc2)cc1. The van der Waals surface area contributed by atoms with Crippen molar-refractivity contribution in [2.75, 3.05) is 17.5 Å². The topological polar surface area (TPSA) is 96.0 Å². The Bertz CT molecular complexity index is 1810. The first kappa shape index (κ1) is 37.1. The van der Waals surface area contributed by atoms with E-state index < -0.39 is 40.0 Å². The number of hydrogen-bond acceptors (Lipinski definition) is 5. The lowest BCUT2D eigenvalue weighted by Crippen LogP contribution is -2.56. The zero-order valence-corrected chi connectivity index (χ0v) is 30.2. The molecule has 8 nitrogen and oxygen atoms in total. The zero-order valence-electron chi connectivity index (χ0n) is 27.1. The number of halogens is 3. The highest BCUT2D eigenvalue weighted by Crippen LogP contribution is 2.29. The lowest BCUT2D eigenvalue weighted by Gasteiger charge is -2.35. The molecule has 0 aromatic heterocycles. The second kappa shape index (κ2) is 16.1. The summed E-state index contributed by atoms with van der Waals surface area (Å²) in [5, 5.41) is 4.07. The highest BCUT2D eigenvalue weighted by Gasteiger charge is 2.36. The first-order valence-electron chi connectivity index (χ1n) is 15.3. The van der Waals surface area contributed by atoms with E-state index in [-0.39, 0.29) is 23.5 Å². The first-order chi connectivity index (χ1) is 22.7. The number of sulfonamides is 1. The van der Waals surface area contributed by atoms with Crippen molar-refractivity contribution in [3.63, 3.8) is 0 Å². The molecule has 254 valence electrons. The van der Waals surface area contributed by atoms with Crippen LogP contribution in [0.3, 0.4) is 0 Å². The van der Waals surface area contributed by atoms with Gasteiger partial charge < -0.3 is 15.0 Å². The minimum Gasteiger partial charge on any atom is -0.494 e. The van der Waals surface area contributed by atoms with Gasteiger partial charge in [-0.1, -0.05) is 71.2 Å². The third-order valence-electron chi connectivity index (χ3n) is 7.24. The number of rotatable bonds is 13. The molecule has 0 aliphatic heterocycles. The smallest absolute Gasteiger partial charge is 0.264 e. The molecule has 12 heteroatoms. The van der Waals surface area contributed by atoms with Gasteiger partial charge in [0.2, 0.25) is 11.8 Å². The van der Waals surface area contributed by atoms with Gasteiger partial charge in [-0.2, -0.15) is 0 Å². The summed E-state index contributed by atoms with van der Waals surface area (Å²) in [5.74, 6) is -0.493. The van der Waals surface area contributed by atoms with Crippen LogP contribution in [0.1, 0.15) is 38.8 Å². The fourth-order valence-corrected chi connectivity index (χ4v) is 6.99. The van der Waals surface area contributed by atoms with Crippen molar-refractivity contribution in [2.24, 2.45) is 0 Å². The van der Waals surface area contributed by atoms with E-state index in [1.54, 1.807) is 42.5 Å². The van der Waals surface area contributed by atoms with E-state index in [4.69, 9.17) is 39.5 Å². The third kappa shape index (κ3) is 9.89. The highest BCUT2D eigenvalue weighted by molar-refractivity contribution is 7.92. The van der Waals surface area contributed by atoms with Crippen molar-refractivity contribution in [3.05, 3.63) is 123 Å². The van der Waals surface area contributed by atoms with Crippen molar-refractivity contribution >= 4 is 62.3 Å². The Labute approximate surface area is 297 Å². The largest absolute Gasteiger partial charge is 0.494 e. The van der Waals surface area contributed by atoms with Gasteiger partial charge in [0, 0.05) is 33.6 Å². The van der Waals surface area contributed by atoms with E-state index in [0.717, 1.165) is 9.87 Å². The molecule has 0 radical (unpaired) electrons. The number of nitrogens with zero attached hydrogens (tertiary/aromatic N) is 2. The number of carbonyl (C=O) groups is 2. The van der Waals surface area contributed by atoms with Gasteiger partial charge in [-0.15, -0.1) is 0 Å². The Morgan fingerprint density at radius 2 is 1.48 bits per heavy atom. The number of ether oxygens (including phenoxy) is 1. The van der Waals surface area contributed by atoms with Crippen LogP contribution < -0.4 is 14.4 Å². The van der Waals surface area contributed by atoms with E-state index in [9.17, 15) is 18.0 Å². The molecule has 48 heavy (non-hydrogen) atoms. The molecule has 0 fully saturated rings. The Morgan fingerprint density at radius 1 is 0.854 bits per heavy atom. The van der Waals surface area contributed by atoms with Crippen LogP contribution in [0, 0.1) is 0 Å². The molecule has 4 aromatic carbocycles. The second-order valence-corrected chi connectivity index (χ2v) is 15.2. The number of anilines is 1. The predicted octanol–water partition coefficient (Wildman–Crippen LogP) is 7.80. The van der Waals surface area contributed by atoms with Crippen molar-refractivity contribution in [2.45, 2.75) is 57.1 Å². The summed E-state index contributed by atoms with van der Waals surface area (Å²) in [4.78, 5) is 30.0. The molecule has 0 spiro atoms. The third-order valence-corrected chi connectivity index (χ3v) is 9.87. The predicted molar refractivity (Wildman–Crippen MR) is 192 cm³/mol. The first-order valence-corrected chi connectivity index (χ1v) is 17.9. The van der Waals surface area contributed by atoms with E-state index >= 15 is 0 Å². The Balaban J connectivity index is 1.84. The number of nitrogens with one attached hydrogen (secondary N) is 1. The van der Waals surface area contributed by atoms with Crippen molar-refractivity contribution in [1.82, 2.24) is 10.2 Å². The van der Waals surface area contributed by atoms with Crippen LogP contribution in [0.25, 0.3) is 0 Å². The fourth-order valence-electron chi connectivity index (χ4n) is 4.98. The summed E-state index contributed by atoms with van der Waals surface area (Å²) in [6.07, 6.45) is 0.159. The number of benzene rings is 4. The summed E-state index contributed by atoms with van der Waals surface area (Å²) >= 11 is 18.8. The molecule has 0 aliphatic carbocycles. The molecule has 0 bridgehead atoms. The van der Waals surface area contributed by atoms with E-state index in [2.05, 4.69) is 5.32 Å². The minimum absolute atomic E-state index is 0.0628. The fraction of sp³-hybridized carbons (Fsp3) is 0.278. The van der Waals surface area contributed by atoms with Crippen LogP contribution in [0.4, 0.5) is 5.69 Å². The van der Waals surface area contributed by atoms with Gasteiger partial charge in [0.25, 0.3) is 10.0 Å². The van der Waals surface area contributed by atoms with Crippen LogP contribution in [0.15, 0.2) is 102 Å². The van der Waals surface area contributed by atoms with Gasteiger partial charge in [-0.3, -0.25) is 13.9 Å². The summed E-state index contributed by atoms with van der Waals surface area (Å²) in [5.41, 5.74) is 0.947. The second-order valence-electron chi connectivity index (χ2n) is 12.1. The van der Waals surface area contributed by atoms with Crippen LogP contribution in [0.5, 0.6) is 5.75 Å². The summed E-state index contributed by atoms with van der Waals surface area (Å²) in [7, 11) is -4.30. The molecule has 2 amide bonds. The lowest BCUT2D eigenvalue weighted by atomic mass is 10.0. The maximum atomic E-state index is 14.6. The zero-order chi connectivity index (χ0) is 35.1. The van der Waals surface area contributed by atoms with Crippen molar-refractivity contribution in [1.29, 1.82) is 0 Å². The van der Waals surface area contributed by atoms with Crippen LogP contribution in [-0.4, -0.2) is 49.9 Å². The van der Waals surface area contributed by atoms with Crippen LogP contribution >= 0.6 is 34.8 Å². The quantitative estimate of drug-likeness (QED) is 0.152. The van der Waals surface area contributed by atoms with Crippen LogP contribution in [-0.2, 0) is 32.6 Å². The molecule has 0 aliphatic rings. The van der Waals surface area contributed by atoms with Gasteiger partial charge in [0.05, 0.1) is 17.2 Å². The summed E-state index contributed by atoms with van der Waals surface area (Å²) in [6, 6.07) is 25.2. The maximum absolute atomic E-state index is 14.6. The Kier molecular flexibility index (Phi) is 12.4. The van der Waals surface area contributed by atoms with E-state index in [0.29, 0.717) is 33.0 Å². The summed E-state index contributed by atoms with van der Waals surface area (Å²) in [6.45, 7) is 7.08. The van der Waals surface area contributed by atoms with Crippen molar-refractivity contribution < 1.29 is 22.7 Å². The van der Waals surface area contributed by atoms with Crippen molar-refractivity contribution in [3.8, 4) is 5.75 Å². The molecule has 0 unspecified atom stereocenters. The van der Waals surface area contributed by atoms with Gasteiger partial charge in [-0.25, -0.2) is 8.42 Å². The lowest BCUT2D eigenvalue weighted by molar-refractivity contribution is -0.140. The monoisotopic (exact) mass is 729 g/mol. The number of carbonyl (C=O) groups excluding carboxylic acids is 2. The summed E-state index contributed by atoms with van der Waals surface area (Å²) < 4.78 is 35.0. The van der Waals surface area contributed by atoms with E-state index in [1.807, 2.05) is 58.0 Å². The Hall–Kier alpha value is -3.76.